The Morgan fingerprint density at radius 2 is 1.62 bits per heavy atom. The third-order valence-electron chi connectivity index (χ3n) is 6.54. The van der Waals surface area contributed by atoms with Crippen LogP contribution in [0.3, 0.4) is 0 Å². The molecule has 1 amide bonds. The first-order chi connectivity index (χ1) is 20.3. The number of halogens is 1. The second kappa shape index (κ2) is 12.0. The minimum Gasteiger partial charge on any atom is -0.497 e. The zero-order valence-corrected chi connectivity index (χ0v) is 23.5. The number of rotatable bonds is 8. The smallest absolute Gasteiger partial charge is 0.309 e. The number of anilines is 1. The van der Waals surface area contributed by atoms with E-state index in [0.717, 1.165) is 5.56 Å². The molecule has 212 valence electrons. The van der Waals surface area contributed by atoms with Crippen molar-refractivity contribution in [1.82, 2.24) is 9.78 Å². The second-order valence-electron chi connectivity index (χ2n) is 9.48. The van der Waals surface area contributed by atoms with E-state index in [1.807, 2.05) is 37.3 Å². The maximum Gasteiger partial charge on any atom is 0.309 e. The van der Waals surface area contributed by atoms with Crippen molar-refractivity contribution in [1.29, 1.82) is 0 Å². The summed E-state index contributed by atoms with van der Waals surface area (Å²) in [5.41, 5.74) is 4.81. The first kappa shape index (κ1) is 28.1. The lowest BCUT2D eigenvalue weighted by Gasteiger charge is -2.12. The first-order valence-electron chi connectivity index (χ1n) is 13.1. The molecule has 0 fully saturated rings. The van der Waals surface area contributed by atoms with Crippen molar-refractivity contribution in [3.8, 4) is 45.5 Å². The fourth-order valence-corrected chi connectivity index (χ4v) is 4.49. The Labute approximate surface area is 242 Å². The van der Waals surface area contributed by atoms with E-state index in [1.54, 1.807) is 55.3 Å². The van der Waals surface area contributed by atoms with Gasteiger partial charge in [-0.3, -0.25) is 9.59 Å². The molecule has 0 aliphatic heterocycles. The summed E-state index contributed by atoms with van der Waals surface area (Å²) in [7, 11) is 3.12. The highest BCUT2D eigenvalue weighted by atomic mass is 19.1. The van der Waals surface area contributed by atoms with E-state index >= 15 is 0 Å². The molecule has 0 bridgehead atoms. The van der Waals surface area contributed by atoms with Gasteiger partial charge < -0.3 is 19.5 Å². The predicted molar refractivity (Wildman–Crippen MR) is 158 cm³/mol. The van der Waals surface area contributed by atoms with E-state index in [4.69, 9.17) is 19.3 Å². The van der Waals surface area contributed by atoms with Crippen LogP contribution in [-0.4, -0.2) is 35.9 Å². The van der Waals surface area contributed by atoms with Gasteiger partial charge in [-0.05, 0) is 67.1 Å². The van der Waals surface area contributed by atoms with E-state index in [9.17, 15) is 14.0 Å². The van der Waals surface area contributed by atoms with Gasteiger partial charge in [0.25, 0.3) is 5.91 Å². The fourth-order valence-electron chi connectivity index (χ4n) is 4.49. The number of carbonyl (C=O) groups excluding carboxylic acids is 2. The van der Waals surface area contributed by atoms with Gasteiger partial charge in [-0.1, -0.05) is 35.9 Å². The highest BCUT2D eigenvalue weighted by Gasteiger charge is 2.26. The van der Waals surface area contributed by atoms with Gasteiger partial charge in [0.05, 0.1) is 25.5 Å². The Kier molecular flexibility index (Phi) is 8.01. The topological polar surface area (TPSA) is 91.7 Å². The zero-order chi connectivity index (χ0) is 29.8. The van der Waals surface area contributed by atoms with Crippen LogP contribution < -0.4 is 19.5 Å². The van der Waals surface area contributed by atoms with E-state index in [2.05, 4.69) is 5.32 Å². The van der Waals surface area contributed by atoms with E-state index in [1.165, 1.54) is 31.2 Å². The summed E-state index contributed by atoms with van der Waals surface area (Å²) in [4.78, 5) is 25.0. The number of hydrogen-bond donors (Lipinski definition) is 1. The number of nitrogens with zero attached hydrogens (tertiary/aromatic N) is 2. The lowest BCUT2D eigenvalue weighted by atomic mass is 10.00. The van der Waals surface area contributed by atoms with Crippen LogP contribution in [0.4, 0.5) is 10.1 Å². The molecule has 0 aliphatic rings. The van der Waals surface area contributed by atoms with Crippen LogP contribution in [0.15, 0.2) is 91.0 Å². The number of carbonyl (C=O) groups is 2. The Bertz CT molecular complexity index is 1760. The second-order valence-corrected chi connectivity index (χ2v) is 9.48. The van der Waals surface area contributed by atoms with Crippen LogP contribution in [0, 0.1) is 12.7 Å². The Balaban J connectivity index is 1.65. The molecule has 9 heteroatoms. The summed E-state index contributed by atoms with van der Waals surface area (Å²) in [5.74, 6) is -0.125. The van der Waals surface area contributed by atoms with Crippen LogP contribution >= 0.6 is 0 Å². The molecule has 42 heavy (non-hydrogen) atoms. The average Bonchev–Trinajstić information content (AvgIpc) is 3.35. The van der Waals surface area contributed by atoms with Crippen LogP contribution in [0.2, 0.25) is 0 Å². The molecule has 4 aromatic carbocycles. The van der Waals surface area contributed by atoms with Crippen LogP contribution in [0.25, 0.3) is 28.1 Å². The highest BCUT2D eigenvalue weighted by Crippen LogP contribution is 2.44. The molecule has 5 aromatic rings. The number of ether oxygens (including phenoxy) is 3. The zero-order valence-electron chi connectivity index (χ0n) is 23.5. The standard InChI is InChI=1S/C33H28FN3O5/c1-20-8-14-26(15-9-20)37-33(42-21(2)38)30(31(36-37)28-17-16-27(40-3)19-29(28)41-4)22-10-12-25(13-11-22)35-32(39)23-6-5-7-24(34)18-23/h5-19H,1-4H3,(H,35,39). The summed E-state index contributed by atoms with van der Waals surface area (Å²) in [6.45, 7) is 3.31. The molecule has 0 radical (unpaired) electrons. The Morgan fingerprint density at radius 1 is 0.881 bits per heavy atom. The highest BCUT2D eigenvalue weighted by molar-refractivity contribution is 6.04. The number of aromatic nitrogens is 2. The molecule has 0 spiro atoms. The normalized spacial score (nSPS) is 10.7. The number of aryl methyl sites for hydroxylation is 1. The summed E-state index contributed by atoms with van der Waals surface area (Å²) in [6, 6.07) is 25.5. The Hall–Kier alpha value is -5.44. The summed E-state index contributed by atoms with van der Waals surface area (Å²) < 4.78 is 32.0. The lowest BCUT2D eigenvalue weighted by Crippen LogP contribution is -2.11. The molecule has 5 rings (SSSR count). The number of hydrogen-bond acceptors (Lipinski definition) is 6. The van der Waals surface area contributed by atoms with Crippen molar-refractivity contribution in [2.45, 2.75) is 13.8 Å². The van der Waals surface area contributed by atoms with Crippen molar-refractivity contribution in [3.63, 3.8) is 0 Å². The molecule has 1 aromatic heterocycles. The average molecular weight is 566 g/mol. The van der Waals surface area contributed by atoms with Gasteiger partial charge in [0, 0.05) is 29.8 Å². The molecular formula is C33H28FN3O5. The largest absolute Gasteiger partial charge is 0.497 e. The van der Waals surface area contributed by atoms with Gasteiger partial charge in [-0.25, -0.2) is 4.39 Å². The minimum atomic E-state index is -0.517. The van der Waals surface area contributed by atoms with Crippen molar-refractivity contribution >= 4 is 17.6 Å². The molecule has 1 N–H and O–H groups in total. The fraction of sp³-hybridized carbons (Fsp3) is 0.121. The molecule has 8 nitrogen and oxygen atoms in total. The van der Waals surface area contributed by atoms with Crippen molar-refractivity contribution in [3.05, 3.63) is 108 Å². The number of amides is 1. The summed E-state index contributed by atoms with van der Waals surface area (Å²) >= 11 is 0. The number of nitrogens with one attached hydrogen (secondary N) is 1. The first-order valence-corrected chi connectivity index (χ1v) is 13.1. The van der Waals surface area contributed by atoms with E-state index in [0.29, 0.717) is 45.3 Å². The molecule has 0 saturated heterocycles. The predicted octanol–water partition coefficient (Wildman–Crippen LogP) is 6.85. The molecule has 0 unspecified atom stereocenters. The summed E-state index contributed by atoms with van der Waals surface area (Å²) in [6.07, 6.45) is 0. The molecule has 0 atom stereocenters. The maximum atomic E-state index is 13.6. The van der Waals surface area contributed by atoms with E-state index < -0.39 is 17.7 Å². The number of methoxy groups -OCH3 is 2. The molecule has 0 aliphatic carbocycles. The number of esters is 1. The van der Waals surface area contributed by atoms with Crippen molar-refractivity contribution in [2.24, 2.45) is 0 Å². The molecule has 1 heterocycles. The van der Waals surface area contributed by atoms with Crippen LogP contribution in [-0.2, 0) is 4.79 Å². The third-order valence-corrected chi connectivity index (χ3v) is 6.54. The summed E-state index contributed by atoms with van der Waals surface area (Å²) in [5, 5.41) is 7.68. The van der Waals surface area contributed by atoms with Gasteiger partial charge in [-0.2, -0.15) is 9.78 Å². The number of benzene rings is 4. The van der Waals surface area contributed by atoms with Crippen LogP contribution in [0.5, 0.6) is 17.4 Å². The van der Waals surface area contributed by atoms with Gasteiger partial charge >= 0.3 is 5.97 Å². The van der Waals surface area contributed by atoms with Crippen molar-refractivity contribution in [2.75, 3.05) is 19.5 Å². The van der Waals surface area contributed by atoms with Crippen LogP contribution in [0.1, 0.15) is 22.8 Å². The maximum absolute atomic E-state index is 13.6. The third kappa shape index (κ3) is 5.85. The molecule has 0 saturated carbocycles. The Morgan fingerprint density at radius 3 is 2.26 bits per heavy atom. The van der Waals surface area contributed by atoms with Gasteiger partial charge in [0.1, 0.15) is 23.0 Å². The monoisotopic (exact) mass is 565 g/mol. The van der Waals surface area contributed by atoms with Gasteiger partial charge in [0.2, 0.25) is 5.88 Å². The lowest BCUT2D eigenvalue weighted by molar-refractivity contribution is -0.132. The molecular weight excluding hydrogens is 537 g/mol. The van der Waals surface area contributed by atoms with Gasteiger partial charge in [-0.15, -0.1) is 0 Å². The van der Waals surface area contributed by atoms with Gasteiger partial charge in [0.15, 0.2) is 0 Å². The minimum absolute atomic E-state index is 0.199. The SMILES string of the molecule is COc1ccc(-c2nn(-c3ccc(C)cc3)c(OC(C)=O)c2-c2ccc(NC(=O)c3cccc(F)c3)cc2)c(OC)c1. The quantitative estimate of drug-likeness (QED) is 0.207. The van der Waals surface area contributed by atoms with Crippen molar-refractivity contribution < 1.29 is 28.2 Å². The van der Waals surface area contributed by atoms with E-state index in [-0.39, 0.29) is 11.4 Å².